The lowest BCUT2D eigenvalue weighted by molar-refractivity contribution is 0.413. The number of nitrogens with two attached hydrogens (primary N) is 1. The largest absolute Gasteiger partial charge is 0.496 e. The van der Waals surface area contributed by atoms with Crippen LogP contribution in [0, 0.1) is 6.92 Å². The number of rotatable bonds is 3. The smallest absolute Gasteiger partial charge is 0.221 e. The average Bonchev–Trinajstić information content (AvgIpc) is 3.00. The van der Waals surface area contributed by atoms with Crippen molar-refractivity contribution in [3.05, 3.63) is 40.7 Å². The summed E-state index contributed by atoms with van der Waals surface area (Å²) in [6.45, 7) is 1.89. The minimum absolute atomic E-state index is 0.388. The minimum atomic E-state index is 0.388. The van der Waals surface area contributed by atoms with Crippen molar-refractivity contribution in [1.29, 1.82) is 0 Å². The molecule has 0 spiro atoms. The molecule has 1 aliphatic rings. The molecule has 2 aromatic rings. The Balaban J connectivity index is 1.96. The highest BCUT2D eigenvalue weighted by atomic mass is 16.5. The third-order valence-corrected chi connectivity index (χ3v) is 3.60. The molecule has 0 bridgehead atoms. The van der Waals surface area contributed by atoms with Gasteiger partial charge in [0, 0.05) is 5.56 Å². The van der Waals surface area contributed by atoms with E-state index in [9.17, 15) is 0 Å². The van der Waals surface area contributed by atoms with Crippen molar-refractivity contribution >= 4 is 12.2 Å². The number of nitrogen functional groups attached to an aromatic ring is 1. The van der Waals surface area contributed by atoms with Gasteiger partial charge >= 0.3 is 0 Å². The molecular formula is C15H18N4O. The Hall–Kier alpha value is -2.30. The van der Waals surface area contributed by atoms with Crippen LogP contribution in [-0.2, 0) is 12.8 Å². The molecule has 0 saturated heterocycles. The number of methoxy groups -OCH3 is 1. The molecule has 20 heavy (non-hydrogen) atoms. The fourth-order valence-corrected chi connectivity index (χ4v) is 2.62. The molecule has 1 aromatic heterocycles. The van der Waals surface area contributed by atoms with Gasteiger partial charge < -0.3 is 10.5 Å². The first kappa shape index (κ1) is 12.7. The van der Waals surface area contributed by atoms with Crippen LogP contribution >= 0.6 is 0 Å². The van der Waals surface area contributed by atoms with Gasteiger partial charge in [0.05, 0.1) is 25.2 Å². The predicted molar refractivity (Wildman–Crippen MR) is 79.4 cm³/mol. The summed E-state index contributed by atoms with van der Waals surface area (Å²) in [5.41, 5.74) is 10.4. The van der Waals surface area contributed by atoms with E-state index in [4.69, 9.17) is 10.5 Å². The average molecular weight is 270 g/mol. The number of imidazole rings is 1. The van der Waals surface area contributed by atoms with Gasteiger partial charge in [-0.05, 0) is 49.4 Å². The van der Waals surface area contributed by atoms with Crippen molar-refractivity contribution in [1.82, 2.24) is 9.66 Å². The van der Waals surface area contributed by atoms with Crippen LogP contribution in [0.1, 0.15) is 28.8 Å². The lowest BCUT2D eigenvalue weighted by Crippen LogP contribution is -1.99. The molecule has 1 aromatic carbocycles. The van der Waals surface area contributed by atoms with Crippen LogP contribution in [0.15, 0.2) is 23.4 Å². The van der Waals surface area contributed by atoms with Crippen LogP contribution in [0.5, 0.6) is 5.75 Å². The van der Waals surface area contributed by atoms with Crippen molar-refractivity contribution in [2.45, 2.75) is 26.2 Å². The summed E-state index contributed by atoms with van der Waals surface area (Å²) in [6, 6.07) is 4.27. The quantitative estimate of drug-likeness (QED) is 0.869. The lowest BCUT2D eigenvalue weighted by atomic mass is 10.1. The molecule has 1 aliphatic carbocycles. The Bertz CT molecular complexity index is 673. The normalized spacial score (nSPS) is 13.9. The van der Waals surface area contributed by atoms with Crippen molar-refractivity contribution in [2.24, 2.45) is 5.10 Å². The third kappa shape index (κ3) is 2.27. The number of fused-ring (bicyclic) bond motifs is 1. The maximum absolute atomic E-state index is 5.77. The van der Waals surface area contributed by atoms with Crippen LogP contribution < -0.4 is 10.5 Å². The Labute approximate surface area is 118 Å². The Kier molecular flexibility index (Phi) is 3.18. The van der Waals surface area contributed by atoms with Crippen molar-refractivity contribution < 1.29 is 4.74 Å². The predicted octanol–water partition coefficient (Wildman–Crippen LogP) is 2.15. The molecule has 0 unspecified atom stereocenters. The molecule has 0 saturated carbocycles. The van der Waals surface area contributed by atoms with Crippen LogP contribution in [-0.4, -0.2) is 23.0 Å². The zero-order valence-corrected chi connectivity index (χ0v) is 11.8. The van der Waals surface area contributed by atoms with Gasteiger partial charge in [-0.25, -0.2) is 9.66 Å². The molecule has 0 aliphatic heterocycles. The number of aryl methyl sites for hydroxylation is 3. The highest BCUT2D eigenvalue weighted by Crippen LogP contribution is 2.29. The van der Waals surface area contributed by atoms with E-state index in [0.717, 1.165) is 29.8 Å². The van der Waals surface area contributed by atoms with Gasteiger partial charge in [0.2, 0.25) is 5.95 Å². The zero-order chi connectivity index (χ0) is 14.1. The maximum Gasteiger partial charge on any atom is 0.221 e. The van der Waals surface area contributed by atoms with Crippen LogP contribution in [0.3, 0.4) is 0 Å². The van der Waals surface area contributed by atoms with E-state index in [0.29, 0.717) is 5.95 Å². The van der Waals surface area contributed by atoms with Crippen LogP contribution in [0.2, 0.25) is 0 Å². The minimum Gasteiger partial charge on any atom is -0.496 e. The lowest BCUT2D eigenvalue weighted by Gasteiger charge is -2.08. The highest BCUT2D eigenvalue weighted by Gasteiger charge is 2.14. The van der Waals surface area contributed by atoms with Gasteiger partial charge in [-0.2, -0.15) is 5.10 Å². The fraction of sp³-hybridized carbons (Fsp3) is 0.333. The Morgan fingerprint density at radius 1 is 1.35 bits per heavy atom. The zero-order valence-electron chi connectivity index (χ0n) is 11.8. The molecule has 0 atom stereocenters. The number of hydrogen-bond donors (Lipinski definition) is 1. The van der Waals surface area contributed by atoms with E-state index in [1.807, 2.05) is 6.92 Å². The van der Waals surface area contributed by atoms with E-state index >= 15 is 0 Å². The molecule has 3 rings (SSSR count). The number of nitrogens with zero attached hydrogens (tertiary/aromatic N) is 3. The van der Waals surface area contributed by atoms with E-state index < -0.39 is 0 Å². The van der Waals surface area contributed by atoms with E-state index in [1.165, 1.54) is 17.5 Å². The Morgan fingerprint density at radius 2 is 2.10 bits per heavy atom. The summed E-state index contributed by atoms with van der Waals surface area (Å²) < 4.78 is 7.02. The van der Waals surface area contributed by atoms with Gasteiger partial charge in [-0.15, -0.1) is 0 Å². The van der Waals surface area contributed by atoms with Gasteiger partial charge in [0.25, 0.3) is 0 Å². The van der Waals surface area contributed by atoms with E-state index in [2.05, 4.69) is 22.2 Å². The molecule has 0 amide bonds. The first-order chi connectivity index (χ1) is 9.67. The summed E-state index contributed by atoms with van der Waals surface area (Å²) in [7, 11) is 1.68. The topological polar surface area (TPSA) is 65.4 Å². The number of hydrogen-bond acceptors (Lipinski definition) is 4. The highest BCUT2D eigenvalue weighted by molar-refractivity contribution is 5.84. The maximum atomic E-state index is 5.77. The van der Waals surface area contributed by atoms with Crippen LogP contribution in [0.25, 0.3) is 0 Å². The molecule has 1 heterocycles. The number of ether oxygens (including phenoxy) is 1. The number of benzene rings is 1. The molecule has 0 fully saturated rings. The summed E-state index contributed by atoms with van der Waals surface area (Å²) >= 11 is 0. The Morgan fingerprint density at radius 3 is 2.75 bits per heavy atom. The van der Waals surface area contributed by atoms with Crippen molar-refractivity contribution in [3.63, 3.8) is 0 Å². The second-order valence-corrected chi connectivity index (χ2v) is 5.05. The number of anilines is 1. The van der Waals surface area contributed by atoms with Gasteiger partial charge in [-0.1, -0.05) is 0 Å². The monoisotopic (exact) mass is 270 g/mol. The SMILES string of the molecule is COc1cc2c(cc1C=Nn1cc(C)nc1N)CCC2. The third-order valence-electron chi connectivity index (χ3n) is 3.60. The summed E-state index contributed by atoms with van der Waals surface area (Å²) in [5.74, 6) is 1.24. The first-order valence-electron chi connectivity index (χ1n) is 6.73. The molecular weight excluding hydrogens is 252 g/mol. The summed E-state index contributed by atoms with van der Waals surface area (Å²) in [6.07, 6.45) is 7.05. The fourth-order valence-electron chi connectivity index (χ4n) is 2.62. The molecule has 104 valence electrons. The molecule has 5 heteroatoms. The van der Waals surface area contributed by atoms with Gasteiger partial charge in [0.1, 0.15) is 5.75 Å². The summed E-state index contributed by atoms with van der Waals surface area (Å²) in [4.78, 5) is 4.12. The second kappa shape index (κ2) is 5.00. The molecule has 2 N–H and O–H groups in total. The number of aromatic nitrogens is 2. The van der Waals surface area contributed by atoms with Gasteiger partial charge in [0.15, 0.2) is 0 Å². The summed E-state index contributed by atoms with van der Waals surface area (Å²) in [5, 5.41) is 4.36. The second-order valence-electron chi connectivity index (χ2n) is 5.05. The first-order valence-corrected chi connectivity index (χ1v) is 6.73. The van der Waals surface area contributed by atoms with E-state index in [1.54, 1.807) is 24.2 Å². The van der Waals surface area contributed by atoms with Gasteiger partial charge in [-0.3, -0.25) is 0 Å². The molecule has 0 radical (unpaired) electrons. The standard InChI is InChI=1S/C15H18N4O/c1-10-9-19(15(16)18-10)17-8-13-6-11-4-3-5-12(11)7-14(13)20-2/h6-9H,3-5H2,1-2H3,(H2,16,18). The van der Waals surface area contributed by atoms with E-state index in [-0.39, 0.29) is 0 Å². The van der Waals surface area contributed by atoms with Crippen molar-refractivity contribution in [3.8, 4) is 5.75 Å². The molecule has 5 nitrogen and oxygen atoms in total. The van der Waals surface area contributed by atoms with Crippen LogP contribution in [0.4, 0.5) is 5.95 Å². The van der Waals surface area contributed by atoms with Crippen molar-refractivity contribution in [2.75, 3.05) is 12.8 Å².